The molecular formula is C51H30N4OS. The average Bonchev–Trinajstić information content (AvgIpc) is 3.96. The van der Waals surface area contributed by atoms with Crippen molar-refractivity contribution < 1.29 is 4.42 Å². The summed E-state index contributed by atoms with van der Waals surface area (Å²) >= 11 is 1.79. The van der Waals surface area contributed by atoms with Crippen LogP contribution < -0.4 is 0 Å². The quantitative estimate of drug-likeness (QED) is 0.176. The van der Waals surface area contributed by atoms with Crippen LogP contribution in [-0.2, 0) is 0 Å². The molecule has 12 aromatic rings. The first-order valence-electron chi connectivity index (χ1n) is 19.0. The summed E-state index contributed by atoms with van der Waals surface area (Å²) in [4.78, 5) is 15.4. The third kappa shape index (κ3) is 4.98. The van der Waals surface area contributed by atoms with Crippen molar-refractivity contribution in [3.63, 3.8) is 0 Å². The van der Waals surface area contributed by atoms with Gasteiger partial charge in [0.25, 0.3) is 0 Å². The van der Waals surface area contributed by atoms with Gasteiger partial charge in [0.2, 0.25) is 0 Å². The second-order valence-corrected chi connectivity index (χ2v) is 15.4. The molecule has 0 aliphatic heterocycles. The monoisotopic (exact) mass is 746 g/mol. The molecule has 0 amide bonds. The highest BCUT2D eigenvalue weighted by Crippen LogP contribution is 2.43. The maximum absolute atomic E-state index is 6.85. The maximum Gasteiger partial charge on any atom is 0.167 e. The van der Waals surface area contributed by atoms with Crippen molar-refractivity contribution >= 4 is 75.3 Å². The predicted molar refractivity (Wildman–Crippen MR) is 236 cm³/mol. The second kappa shape index (κ2) is 12.6. The average molecular weight is 747 g/mol. The first-order valence-corrected chi connectivity index (χ1v) is 19.8. The number of hydrogen-bond acceptors (Lipinski definition) is 5. The van der Waals surface area contributed by atoms with Crippen molar-refractivity contribution in [2.24, 2.45) is 0 Å². The molecule has 0 N–H and O–H groups in total. The van der Waals surface area contributed by atoms with Gasteiger partial charge in [-0.05, 0) is 48.0 Å². The lowest BCUT2D eigenvalue weighted by atomic mass is 9.97. The summed E-state index contributed by atoms with van der Waals surface area (Å²) in [6.07, 6.45) is 0. The van der Waals surface area contributed by atoms with E-state index in [1.807, 2.05) is 30.3 Å². The third-order valence-electron chi connectivity index (χ3n) is 11.1. The van der Waals surface area contributed by atoms with Crippen molar-refractivity contribution in [1.82, 2.24) is 19.5 Å². The molecule has 5 nitrogen and oxygen atoms in total. The van der Waals surface area contributed by atoms with E-state index in [1.54, 1.807) is 11.3 Å². The first-order chi connectivity index (χ1) is 28.3. The molecule has 0 bridgehead atoms. The van der Waals surface area contributed by atoms with Gasteiger partial charge in [-0.25, -0.2) is 15.0 Å². The number of furan rings is 1. The van der Waals surface area contributed by atoms with Gasteiger partial charge in [-0.2, -0.15) is 0 Å². The number of para-hydroxylation sites is 4. The standard InChI is InChI=1S/C51H30N4OS/c1-2-14-31(15-3-1)49-52-50(32-28-29-37-36-19-7-11-27-45(36)57-46(37)30-32)54-51(53-49)40-22-12-21-39-47-38(20-13-26-44(47)56-48(39)40)35-18-6-10-25-43(35)55-41-23-8-4-16-33(41)34-17-5-9-24-42(34)55/h1-30H. The van der Waals surface area contributed by atoms with Crippen LogP contribution in [0.5, 0.6) is 0 Å². The Morgan fingerprint density at radius 1 is 0.404 bits per heavy atom. The second-order valence-electron chi connectivity index (χ2n) is 14.3. The molecule has 12 rings (SSSR count). The number of hydrogen-bond donors (Lipinski definition) is 0. The number of aromatic nitrogens is 4. The number of thiophene rings is 1. The van der Waals surface area contributed by atoms with Crippen LogP contribution in [-0.4, -0.2) is 19.5 Å². The Kier molecular flexibility index (Phi) is 7.03. The molecule has 0 saturated carbocycles. The third-order valence-corrected chi connectivity index (χ3v) is 12.2. The van der Waals surface area contributed by atoms with Crippen LogP contribution in [0.4, 0.5) is 0 Å². The molecule has 4 aromatic heterocycles. The van der Waals surface area contributed by atoms with Crippen molar-refractivity contribution in [3.8, 4) is 51.0 Å². The van der Waals surface area contributed by atoms with Gasteiger partial charge in [-0.3, -0.25) is 0 Å². The minimum Gasteiger partial charge on any atom is -0.455 e. The van der Waals surface area contributed by atoms with Gasteiger partial charge < -0.3 is 8.98 Å². The highest BCUT2D eigenvalue weighted by atomic mass is 32.1. The molecule has 0 aliphatic rings. The lowest BCUT2D eigenvalue weighted by Crippen LogP contribution is -2.00. The normalized spacial score (nSPS) is 11.9. The molecule has 0 spiro atoms. The fraction of sp³-hybridized carbons (Fsp3) is 0. The highest BCUT2D eigenvalue weighted by molar-refractivity contribution is 7.25. The van der Waals surface area contributed by atoms with E-state index >= 15 is 0 Å². The Hall–Kier alpha value is -7.41. The van der Waals surface area contributed by atoms with Crippen molar-refractivity contribution in [2.45, 2.75) is 0 Å². The Labute approximate surface area is 330 Å². The molecular weight excluding hydrogens is 717 g/mol. The smallest absolute Gasteiger partial charge is 0.167 e. The molecule has 0 atom stereocenters. The van der Waals surface area contributed by atoms with Crippen LogP contribution in [0, 0.1) is 0 Å². The molecule has 0 aliphatic carbocycles. The summed E-state index contributed by atoms with van der Waals surface area (Å²) < 4.78 is 11.7. The molecule has 8 aromatic carbocycles. The number of fused-ring (bicyclic) bond motifs is 9. The van der Waals surface area contributed by atoms with E-state index < -0.39 is 0 Å². The number of benzene rings is 8. The van der Waals surface area contributed by atoms with Gasteiger partial charge in [-0.15, -0.1) is 11.3 Å². The first kappa shape index (κ1) is 31.9. The SMILES string of the molecule is c1ccc(-c2nc(-c3ccc4c(c3)sc3ccccc34)nc(-c3cccc4c3oc3cccc(-c5ccccc5-n5c6ccccc6c6ccccc65)c34)n2)cc1. The van der Waals surface area contributed by atoms with Crippen LogP contribution in [0.1, 0.15) is 0 Å². The van der Waals surface area contributed by atoms with E-state index in [9.17, 15) is 0 Å². The van der Waals surface area contributed by atoms with Gasteiger partial charge in [0.15, 0.2) is 17.5 Å². The van der Waals surface area contributed by atoms with Gasteiger partial charge in [0, 0.05) is 58.4 Å². The van der Waals surface area contributed by atoms with E-state index in [4.69, 9.17) is 19.4 Å². The van der Waals surface area contributed by atoms with Gasteiger partial charge >= 0.3 is 0 Å². The summed E-state index contributed by atoms with van der Waals surface area (Å²) in [7, 11) is 0. The molecule has 6 heteroatoms. The molecule has 0 radical (unpaired) electrons. The predicted octanol–water partition coefficient (Wildman–Crippen LogP) is 13.9. The lowest BCUT2D eigenvalue weighted by molar-refractivity contribution is 0.669. The summed E-state index contributed by atoms with van der Waals surface area (Å²) in [5.74, 6) is 1.79. The molecule has 0 saturated heterocycles. The minimum absolute atomic E-state index is 0.562. The summed E-state index contributed by atoms with van der Waals surface area (Å²) in [6, 6.07) is 63.8. The summed E-state index contributed by atoms with van der Waals surface area (Å²) in [5, 5.41) is 7.02. The van der Waals surface area contributed by atoms with Gasteiger partial charge in [0.05, 0.1) is 22.3 Å². The topological polar surface area (TPSA) is 56.7 Å². The number of nitrogens with zero attached hydrogens (tertiary/aromatic N) is 4. The molecule has 0 unspecified atom stereocenters. The van der Waals surface area contributed by atoms with Crippen LogP contribution in [0.15, 0.2) is 186 Å². The highest BCUT2D eigenvalue weighted by Gasteiger charge is 2.22. The summed E-state index contributed by atoms with van der Waals surface area (Å²) in [6.45, 7) is 0. The van der Waals surface area contributed by atoms with Crippen LogP contribution in [0.3, 0.4) is 0 Å². The molecule has 266 valence electrons. The Morgan fingerprint density at radius 3 is 1.82 bits per heavy atom. The van der Waals surface area contributed by atoms with Crippen molar-refractivity contribution in [3.05, 3.63) is 182 Å². The van der Waals surface area contributed by atoms with Crippen LogP contribution in [0.25, 0.3) is 115 Å². The fourth-order valence-corrected chi connectivity index (χ4v) is 9.68. The zero-order valence-corrected chi connectivity index (χ0v) is 31.2. The summed E-state index contributed by atoms with van der Waals surface area (Å²) in [5.41, 5.74) is 9.89. The minimum atomic E-state index is 0.562. The van der Waals surface area contributed by atoms with E-state index in [2.05, 4.69) is 156 Å². The van der Waals surface area contributed by atoms with Gasteiger partial charge in [-0.1, -0.05) is 140 Å². The Bertz CT molecular complexity index is 3490. The van der Waals surface area contributed by atoms with Crippen molar-refractivity contribution in [1.29, 1.82) is 0 Å². The largest absolute Gasteiger partial charge is 0.455 e. The zero-order valence-electron chi connectivity index (χ0n) is 30.4. The van der Waals surface area contributed by atoms with Crippen LogP contribution >= 0.6 is 11.3 Å². The Morgan fingerprint density at radius 2 is 1.00 bits per heavy atom. The van der Waals surface area contributed by atoms with E-state index in [0.717, 1.165) is 55.4 Å². The molecule has 4 heterocycles. The maximum atomic E-state index is 6.85. The zero-order chi connectivity index (χ0) is 37.5. The Balaban J connectivity index is 1.07. The van der Waals surface area contributed by atoms with E-state index in [1.165, 1.54) is 42.0 Å². The fourth-order valence-electron chi connectivity index (χ4n) is 8.53. The van der Waals surface area contributed by atoms with Crippen molar-refractivity contribution in [2.75, 3.05) is 0 Å². The molecule has 57 heavy (non-hydrogen) atoms. The van der Waals surface area contributed by atoms with Crippen LogP contribution in [0.2, 0.25) is 0 Å². The van der Waals surface area contributed by atoms with Gasteiger partial charge in [0.1, 0.15) is 11.2 Å². The van der Waals surface area contributed by atoms with E-state index in [-0.39, 0.29) is 0 Å². The van der Waals surface area contributed by atoms with E-state index in [0.29, 0.717) is 17.5 Å². The molecule has 0 fully saturated rings. The number of rotatable bonds is 5. The lowest BCUT2D eigenvalue weighted by Gasteiger charge is -2.14.